The summed E-state index contributed by atoms with van der Waals surface area (Å²) in [5, 5.41) is 7.70. The zero-order valence-electron chi connectivity index (χ0n) is 15.7. The van der Waals surface area contributed by atoms with E-state index in [0.29, 0.717) is 13.0 Å². The predicted octanol–water partition coefficient (Wildman–Crippen LogP) is 5.01. The molecular weight excluding hydrogens is 422 g/mol. The second-order valence-corrected chi connectivity index (χ2v) is 9.18. The summed E-state index contributed by atoms with van der Waals surface area (Å²) in [4.78, 5) is 13.5. The standard InChI is InChI=1S/C21H24BrN3OS/c1-15-19(16(2)25(24-15)14-17-7-4-3-5-8-17)13-23-21(26)10-6-9-18-11-12-20(22)27-18/h3-5,7-8,11-12H,6,9-10,13-14H2,1-2H3,(H,23,26). The third-order valence-electron chi connectivity index (χ3n) is 4.62. The maximum atomic E-state index is 12.2. The molecule has 0 atom stereocenters. The van der Waals surface area contributed by atoms with E-state index in [9.17, 15) is 4.79 Å². The topological polar surface area (TPSA) is 46.9 Å². The molecule has 2 heterocycles. The van der Waals surface area contributed by atoms with Crippen molar-refractivity contribution in [3.8, 4) is 0 Å². The molecule has 6 heteroatoms. The number of nitrogens with one attached hydrogen (secondary N) is 1. The van der Waals surface area contributed by atoms with Crippen LogP contribution in [0, 0.1) is 13.8 Å². The van der Waals surface area contributed by atoms with Gasteiger partial charge in [0.2, 0.25) is 5.91 Å². The van der Waals surface area contributed by atoms with Gasteiger partial charge in [0, 0.05) is 29.1 Å². The second-order valence-electron chi connectivity index (χ2n) is 6.63. The molecule has 0 spiro atoms. The van der Waals surface area contributed by atoms with Crippen molar-refractivity contribution in [1.82, 2.24) is 15.1 Å². The number of aromatic nitrogens is 2. The minimum Gasteiger partial charge on any atom is -0.352 e. The third-order valence-corrected chi connectivity index (χ3v) is 6.31. The molecule has 27 heavy (non-hydrogen) atoms. The first-order valence-electron chi connectivity index (χ1n) is 9.10. The molecule has 1 amide bonds. The molecule has 142 valence electrons. The van der Waals surface area contributed by atoms with Gasteiger partial charge in [-0.1, -0.05) is 30.3 Å². The molecule has 0 bridgehead atoms. The van der Waals surface area contributed by atoms with Crippen LogP contribution in [0.4, 0.5) is 0 Å². The third kappa shape index (κ3) is 5.53. The summed E-state index contributed by atoms with van der Waals surface area (Å²) in [6, 6.07) is 14.5. The SMILES string of the molecule is Cc1nn(Cc2ccccc2)c(C)c1CNC(=O)CCCc1ccc(Br)s1. The first kappa shape index (κ1) is 19.8. The fourth-order valence-corrected chi connectivity index (χ4v) is 4.61. The number of aryl methyl sites for hydroxylation is 2. The van der Waals surface area contributed by atoms with E-state index < -0.39 is 0 Å². The van der Waals surface area contributed by atoms with E-state index in [1.807, 2.05) is 29.8 Å². The number of benzene rings is 1. The maximum Gasteiger partial charge on any atom is 0.220 e. The van der Waals surface area contributed by atoms with Crippen molar-refractivity contribution in [3.63, 3.8) is 0 Å². The van der Waals surface area contributed by atoms with Crippen LogP contribution in [0.1, 0.15) is 40.2 Å². The zero-order chi connectivity index (χ0) is 19.2. The molecule has 0 aliphatic heterocycles. The highest BCUT2D eigenvalue weighted by Crippen LogP contribution is 2.23. The fourth-order valence-electron chi connectivity index (χ4n) is 3.08. The van der Waals surface area contributed by atoms with Gasteiger partial charge in [-0.25, -0.2) is 0 Å². The van der Waals surface area contributed by atoms with Crippen LogP contribution in [0.2, 0.25) is 0 Å². The van der Waals surface area contributed by atoms with Crippen molar-refractivity contribution < 1.29 is 4.79 Å². The van der Waals surface area contributed by atoms with Gasteiger partial charge in [0.05, 0.1) is 16.0 Å². The van der Waals surface area contributed by atoms with Crippen LogP contribution in [0.25, 0.3) is 0 Å². The molecule has 0 radical (unpaired) electrons. The van der Waals surface area contributed by atoms with Gasteiger partial charge in [-0.3, -0.25) is 9.48 Å². The Bertz CT molecular complexity index is 902. The summed E-state index contributed by atoms with van der Waals surface area (Å²) in [7, 11) is 0. The Balaban J connectivity index is 1.50. The average Bonchev–Trinajstić information content (AvgIpc) is 3.17. The highest BCUT2D eigenvalue weighted by molar-refractivity contribution is 9.11. The molecule has 0 aliphatic carbocycles. The van der Waals surface area contributed by atoms with E-state index in [2.05, 4.69) is 57.5 Å². The van der Waals surface area contributed by atoms with Crippen LogP contribution in [0.3, 0.4) is 0 Å². The molecule has 0 saturated carbocycles. The lowest BCUT2D eigenvalue weighted by molar-refractivity contribution is -0.121. The summed E-state index contributed by atoms with van der Waals surface area (Å²) < 4.78 is 3.15. The van der Waals surface area contributed by atoms with Gasteiger partial charge in [-0.2, -0.15) is 5.10 Å². The smallest absolute Gasteiger partial charge is 0.220 e. The number of hydrogen-bond acceptors (Lipinski definition) is 3. The Kier molecular flexibility index (Phi) is 6.85. The molecule has 0 saturated heterocycles. The lowest BCUT2D eigenvalue weighted by Gasteiger charge is -2.07. The first-order chi connectivity index (χ1) is 13.0. The number of nitrogens with zero attached hydrogens (tertiary/aromatic N) is 2. The van der Waals surface area contributed by atoms with Crippen molar-refractivity contribution in [2.45, 2.75) is 46.2 Å². The number of thiophene rings is 1. The molecule has 3 rings (SSSR count). The molecule has 0 fully saturated rings. The lowest BCUT2D eigenvalue weighted by Crippen LogP contribution is -2.23. The van der Waals surface area contributed by atoms with Crippen LogP contribution < -0.4 is 5.32 Å². The monoisotopic (exact) mass is 445 g/mol. The van der Waals surface area contributed by atoms with Crippen molar-refractivity contribution in [3.05, 3.63) is 73.6 Å². The Morgan fingerprint density at radius 3 is 2.67 bits per heavy atom. The summed E-state index contributed by atoms with van der Waals surface area (Å²) in [6.45, 7) is 5.36. The van der Waals surface area contributed by atoms with E-state index in [-0.39, 0.29) is 5.91 Å². The van der Waals surface area contributed by atoms with Crippen molar-refractivity contribution >= 4 is 33.2 Å². The number of amides is 1. The summed E-state index contributed by atoms with van der Waals surface area (Å²) >= 11 is 5.20. The second kappa shape index (κ2) is 9.33. The lowest BCUT2D eigenvalue weighted by atomic mass is 10.1. The first-order valence-corrected chi connectivity index (χ1v) is 10.7. The fraction of sp³-hybridized carbons (Fsp3) is 0.333. The zero-order valence-corrected chi connectivity index (χ0v) is 18.1. The number of halogens is 1. The van der Waals surface area contributed by atoms with Gasteiger partial charge >= 0.3 is 0 Å². The van der Waals surface area contributed by atoms with Crippen LogP contribution in [-0.2, 0) is 24.3 Å². The molecule has 4 nitrogen and oxygen atoms in total. The average molecular weight is 446 g/mol. The van der Waals surface area contributed by atoms with E-state index in [1.54, 1.807) is 11.3 Å². The van der Waals surface area contributed by atoms with Gasteiger partial charge < -0.3 is 5.32 Å². The van der Waals surface area contributed by atoms with E-state index in [4.69, 9.17) is 0 Å². The highest BCUT2D eigenvalue weighted by atomic mass is 79.9. The maximum absolute atomic E-state index is 12.2. The van der Waals surface area contributed by atoms with Gasteiger partial charge in [0.25, 0.3) is 0 Å². The van der Waals surface area contributed by atoms with Gasteiger partial charge in [-0.05, 0) is 60.3 Å². The quantitative estimate of drug-likeness (QED) is 0.529. The summed E-state index contributed by atoms with van der Waals surface area (Å²) in [5.74, 6) is 0.0974. The van der Waals surface area contributed by atoms with E-state index in [1.165, 1.54) is 10.4 Å². The van der Waals surface area contributed by atoms with Crippen LogP contribution >= 0.6 is 27.3 Å². The van der Waals surface area contributed by atoms with Crippen molar-refractivity contribution in [2.24, 2.45) is 0 Å². The molecular formula is C21H24BrN3OS. The molecule has 0 unspecified atom stereocenters. The van der Waals surface area contributed by atoms with Crippen molar-refractivity contribution in [1.29, 1.82) is 0 Å². The Morgan fingerprint density at radius 2 is 1.96 bits per heavy atom. The predicted molar refractivity (Wildman–Crippen MR) is 114 cm³/mol. The van der Waals surface area contributed by atoms with Gasteiger partial charge in [-0.15, -0.1) is 11.3 Å². The van der Waals surface area contributed by atoms with Crippen molar-refractivity contribution in [2.75, 3.05) is 0 Å². The number of carbonyl (C=O) groups is 1. The van der Waals surface area contributed by atoms with Gasteiger partial charge in [0.15, 0.2) is 0 Å². The molecule has 1 N–H and O–H groups in total. The van der Waals surface area contributed by atoms with Crippen LogP contribution in [0.5, 0.6) is 0 Å². The minimum atomic E-state index is 0.0974. The Labute approximate surface area is 172 Å². The molecule has 1 aromatic carbocycles. The van der Waals surface area contributed by atoms with E-state index >= 15 is 0 Å². The number of rotatable bonds is 8. The highest BCUT2D eigenvalue weighted by Gasteiger charge is 2.13. The minimum absolute atomic E-state index is 0.0974. The number of hydrogen-bond donors (Lipinski definition) is 1. The molecule has 0 aliphatic rings. The summed E-state index contributed by atoms with van der Waals surface area (Å²) in [5.41, 5.74) is 4.42. The van der Waals surface area contributed by atoms with Gasteiger partial charge in [0.1, 0.15) is 0 Å². The summed E-state index contributed by atoms with van der Waals surface area (Å²) in [6.07, 6.45) is 2.35. The van der Waals surface area contributed by atoms with Crippen LogP contribution in [0.15, 0.2) is 46.3 Å². The normalized spacial score (nSPS) is 10.9. The molecule has 2 aromatic heterocycles. The Hall–Kier alpha value is -1.92. The Morgan fingerprint density at radius 1 is 1.19 bits per heavy atom. The van der Waals surface area contributed by atoms with E-state index in [0.717, 1.165) is 40.1 Å². The largest absolute Gasteiger partial charge is 0.352 e. The number of carbonyl (C=O) groups excluding carboxylic acids is 1. The molecule has 3 aromatic rings. The van der Waals surface area contributed by atoms with Crippen LogP contribution in [-0.4, -0.2) is 15.7 Å².